The quantitative estimate of drug-likeness (QED) is 0.645. The highest BCUT2D eigenvalue weighted by atomic mass is 16.3. The van der Waals surface area contributed by atoms with Crippen molar-refractivity contribution in [1.82, 2.24) is 4.98 Å². The number of hydrogen-bond acceptors (Lipinski definition) is 1. The second kappa shape index (κ2) is 3.67. The Bertz CT molecular complexity index is 682. The molecule has 17 heavy (non-hydrogen) atoms. The molecule has 0 unspecified atom stereocenters. The summed E-state index contributed by atoms with van der Waals surface area (Å²) in [5.74, 6) is 0.315. The summed E-state index contributed by atoms with van der Waals surface area (Å²) in [6, 6.07) is 15.7. The van der Waals surface area contributed by atoms with Crippen molar-refractivity contribution in [3.05, 3.63) is 54.2 Å². The lowest BCUT2D eigenvalue weighted by Gasteiger charge is -2.04. The van der Waals surface area contributed by atoms with Gasteiger partial charge in [0, 0.05) is 16.8 Å². The third kappa shape index (κ3) is 1.68. The van der Waals surface area contributed by atoms with E-state index in [0.717, 1.165) is 22.3 Å². The second-order valence-corrected chi connectivity index (χ2v) is 4.27. The van der Waals surface area contributed by atoms with Crippen LogP contribution in [-0.2, 0) is 0 Å². The van der Waals surface area contributed by atoms with Gasteiger partial charge >= 0.3 is 0 Å². The Morgan fingerprint density at radius 1 is 1.00 bits per heavy atom. The number of benzene rings is 2. The molecular weight excluding hydrogens is 210 g/mol. The van der Waals surface area contributed by atoms with E-state index in [4.69, 9.17) is 0 Å². The molecule has 0 bridgehead atoms. The van der Waals surface area contributed by atoms with E-state index >= 15 is 0 Å². The number of rotatable bonds is 1. The smallest absolute Gasteiger partial charge is 0.123 e. The van der Waals surface area contributed by atoms with E-state index < -0.39 is 0 Å². The standard InChI is InChI=1S/C15H13NO/c1-10-8-12-7-6-11(9-14(12)16-10)13-4-2-3-5-15(13)17/h2-9,16-17H,1H3. The molecule has 0 saturated heterocycles. The van der Waals surface area contributed by atoms with Crippen LogP contribution in [0.3, 0.4) is 0 Å². The van der Waals surface area contributed by atoms with Gasteiger partial charge in [0.1, 0.15) is 5.75 Å². The van der Waals surface area contributed by atoms with Crippen molar-refractivity contribution < 1.29 is 5.11 Å². The van der Waals surface area contributed by atoms with Crippen LogP contribution in [0, 0.1) is 6.92 Å². The number of aromatic amines is 1. The van der Waals surface area contributed by atoms with Crippen LogP contribution in [0.2, 0.25) is 0 Å². The Balaban J connectivity index is 2.21. The number of phenolic OH excluding ortho intramolecular Hbond substituents is 1. The lowest BCUT2D eigenvalue weighted by atomic mass is 10.0. The lowest BCUT2D eigenvalue weighted by Crippen LogP contribution is -1.79. The van der Waals surface area contributed by atoms with Crippen molar-refractivity contribution in [2.45, 2.75) is 6.92 Å². The third-order valence-corrected chi connectivity index (χ3v) is 2.97. The topological polar surface area (TPSA) is 36.0 Å². The van der Waals surface area contributed by atoms with Crippen LogP contribution in [0.4, 0.5) is 0 Å². The molecule has 3 aromatic rings. The first-order valence-electron chi connectivity index (χ1n) is 5.62. The molecule has 1 heterocycles. The fraction of sp³-hybridized carbons (Fsp3) is 0.0667. The molecule has 0 radical (unpaired) electrons. The number of aromatic hydroxyl groups is 1. The molecule has 0 aliphatic carbocycles. The first-order valence-corrected chi connectivity index (χ1v) is 5.62. The summed E-state index contributed by atoms with van der Waals surface area (Å²) in [5.41, 5.74) is 4.14. The maximum absolute atomic E-state index is 9.83. The van der Waals surface area contributed by atoms with E-state index in [-0.39, 0.29) is 0 Å². The average Bonchev–Trinajstić information content (AvgIpc) is 2.68. The van der Waals surface area contributed by atoms with Crippen LogP contribution >= 0.6 is 0 Å². The van der Waals surface area contributed by atoms with E-state index in [1.807, 2.05) is 31.2 Å². The Morgan fingerprint density at radius 2 is 1.82 bits per heavy atom. The first-order chi connectivity index (χ1) is 8.24. The molecule has 0 fully saturated rings. The summed E-state index contributed by atoms with van der Waals surface area (Å²) in [7, 11) is 0. The maximum Gasteiger partial charge on any atom is 0.123 e. The highest BCUT2D eigenvalue weighted by Crippen LogP contribution is 2.30. The van der Waals surface area contributed by atoms with Gasteiger partial charge in [-0.05, 0) is 36.1 Å². The van der Waals surface area contributed by atoms with Gasteiger partial charge in [0.2, 0.25) is 0 Å². The highest BCUT2D eigenvalue weighted by molar-refractivity contribution is 5.86. The minimum absolute atomic E-state index is 0.315. The van der Waals surface area contributed by atoms with Gasteiger partial charge in [0.05, 0.1) is 0 Å². The average molecular weight is 223 g/mol. The van der Waals surface area contributed by atoms with Crippen LogP contribution in [0.15, 0.2) is 48.5 Å². The Kier molecular flexibility index (Phi) is 2.15. The summed E-state index contributed by atoms with van der Waals surface area (Å²) in [5, 5.41) is 11.0. The molecule has 0 amide bonds. The van der Waals surface area contributed by atoms with E-state index in [1.165, 1.54) is 5.39 Å². The molecule has 84 valence electrons. The summed E-state index contributed by atoms with van der Waals surface area (Å²) in [6.07, 6.45) is 0. The summed E-state index contributed by atoms with van der Waals surface area (Å²) >= 11 is 0. The minimum atomic E-state index is 0.315. The minimum Gasteiger partial charge on any atom is -0.507 e. The number of nitrogens with one attached hydrogen (secondary N) is 1. The normalized spacial score (nSPS) is 10.9. The van der Waals surface area contributed by atoms with Gasteiger partial charge in [0.15, 0.2) is 0 Å². The van der Waals surface area contributed by atoms with Crippen molar-refractivity contribution in [2.75, 3.05) is 0 Å². The van der Waals surface area contributed by atoms with Crippen molar-refractivity contribution in [3.63, 3.8) is 0 Å². The number of H-pyrrole nitrogens is 1. The van der Waals surface area contributed by atoms with Gasteiger partial charge in [-0.25, -0.2) is 0 Å². The zero-order valence-electron chi connectivity index (χ0n) is 9.57. The van der Waals surface area contributed by atoms with E-state index in [9.17, 15) is 5.11 Å². The van der Waals surface area contributed by atoms with Gasteiger partial charge in [-0.15, -0.1) is 0 Å². The monoisotopic (exact) mass is 223 g/mol. The van der Waals surface area contributed by atoms with Gasteiger partial charge in [-0.1, -0.05) is 30.3 Å². The second-order valence-electron chi connectivity index (χ2n) is 4.27. The molecule has 0 aliphatic rings. The van der Waals surface area contributed by atoms with Gasteiger partial charge in [-0.3, -0.25) is 0 Å². The number of aromatic nitrogens is 1. The Morgan fingerprint density at radius 3 is 2.65 bits per heavy atom. The molecule has 2 heteroatoms. The van der Waals surface area contributed by atoms with Gasteiger partial charge in [0.25, 0.3) is 0 Å². The number of fused-ring (bicyclic) bond motifs is 1. The molecule has 0 aliphatic heterocycles. The molecule has 1 aromatic heterocycles. The third-order valence-electron chi connectivity index (χ3n) is 2.97. The molecule has 3 rings (SSSR count). The highest BCUT2D eigenvalue weighted by Gasteiger charge is 2.05. The summed E-state index contributed by atoms with van der Waals surface area (Å²) in [4.78, 5) is 3.31. The van der Waals surface area contributed by atoms with Crippen LogP contribution in [-0.4, -0.2) is 10.1 Å². The molecule has 2 N–H and O–H groups in total. The number of para-hydroxylation sites is 1. The zero-order valence-corrected chi connectivity index (χ0v) is 9.57. The van der Waals surface area contributed by atoms with Crippen molar-refractivity contribution in [1.29, 1.82) is 0 Å². The maximum atomic E-state index is 9.83. The van der Waals surface area contributed by atoms with Crippen LogP contribution in [0.25, 0.3) is 22.0 Å². The molecule has 2 nitrogen and oxygen atoms in total. The fourth-order valence-corrected chi connectivity index (χ4v) is 2.16. The largest absolute Gasteiger partial charge is 0.507 e. The lowest BCUT2D eigenvalue weighted by molar-refractivity contribution is 0.477. The van der Waals surface area contributed by atoms with Gasteiger partial charge < -0.3 is 10.1 Å². The van der Waals surface area contributed by atoms with Crippen LogP contribution in [0.5, 0.6) is 5.75 Å². The molecule has 0 saturated carbocycles. The first kappa shape index (κ1) is 9.97. The van der Waals surface area contributed by atoms with E-state index in [0.29, 0.717) is 5.75 Å². The SMILES string of the molecule is Cc1cc2ccc(-c3ccccc3O)cc2[nH]1. The van der Waals surface area contributed by atoms with Gasteiger partial charge in [-0.2, -0.15) is 0 Å². The molecular formula is C15H13NO. The predicted molar refractivity (Wildman–Crippen MR) is 70.1 cm³/mol. The van der Waals surface area contributed by atoms with Crippen molar-refractivity contribution in [2.24, 2.45) is 0 Å². The molecule has 0 atom stereocenters. The molecule has 0 spiro atoms. The summed E-state index contributed by atoms with van der Waals surface area (Å²) < 4.78 is 0. The zero-order chi connectivity index (χ0) is 11.8. The number of aryl methyl sites for hydroxylation is 1. The number of phenols is 1. The summed E-state index contributed by atoms with van der Waals surface area (Å²) in [6.45, 7) is 2.04. The number of hydrogen-bond donors (Lipinski definition) is 2. The Labute approximate surface area is 99.5 Å². The fourth-order valence-electron chi connectivity index (χ4n) is 2.16. The van der Waals surface area contributed by atoms with E-state index in [1.54, 1.807) is 6.07 Å². The van der Waals surface area contributed by atoms with Crippen molar-refractivity contribution >= 4 is 10.9 Å². The predicted octanol–water partition coefficient (Wildman–Crippen LogP) is 3.85. The van der Waals surface area contributed by atoms with Crippen molar-refractivity contribution in [3.8, 4) is 16.9 Å². The van der Waals surface area contributed by atoms with E-state index in [2.05, 4.69) is 23.2 Å². The van der Waals surface area contributed by atoms with Crippen LogP contribution in [0.1, 0.15) is 5.69 Å². The Hall–Kier alpha value is -2.22. The molecule has 2 aromatic carbocycles. The van der Waals surface area contributed by atoms with Crippen LogP contribution < -0.4 is 0 Å².